The first kappa shape index (κ1) is 17.9. The predicted molar refractivity (Wildman–Crippen MR) is 98.3 cm³/mol. The highest BCUT2D eigenvalue weighted by atomic mass is 35.5. The topological polar surface area (TPSA) is 66.5 Å². The van der Waals surface area contributed by atoms with Gasteiger partial charge >= 0.3 is 0 Å². The zero-order valence-corrected chi connectivity index (χ0v) is 15.4. The number of anilines is 1. The molecule has 0 saturated carbocycles. The second-order valence-electron chi connectivity index (χ2n) is 5.89. The number of carbonyl (C=O) groups excluding carboxylic acids is 1. The van der Waals surface area contributed by atoms with Crippen LogP contribution in [0.3, 0.4) is 0 Å². The summed E-state index contributed by atoms with van der Waals surface area (Å²) >= 11 is 5.83. The average molecular weight is 379 g/mol. The van der Waals surface area contributed by atoms with Crippen LogP contribution in [0.5, 0.6) is 0 Å². The van der Waals surface area contributed by atoms with Crippen LogP contribution in [0, 0.1) is 0 Å². The van der Waals surface area contributed by atoms with Crippen molar-refractivity contribution in [2.75, 3.05) is 11.4 Å². The van der Waals surface area contributed by atoms with Crippen LogP contribution in [0.2, 0.25) is 5.02 Å². The van der Waals surface area contributed by atoms with Gasteiger partial charge in [-0.3, -0.25) is 4.79 Å². The fourth-order valence-corrected chi connectivity index (χ4v) is 4.05. The summed E-state index contributed by atoms with van der Waals surface area (Å²) in [6, 6.07) is 11.9. The van der Waals surface area contributed by atoms with Gasteiger partial charge in [-0.2, -0.15) is 0 Å². The smallest absolute Gasteiger partial charge is 0.240 e. The SMILES string of the molecule is CCC(=O)N1CCc2cc(S(=O)(=O)NCc3ccc(Cl)cc3)ccc21. The normalized spacial score (nSPS) is 13.8. The summed E-state index contributed by atoms with van der Waals surface area (Å²) in [5.74, 6) is 0.0511. The van der Waals surface area contributed by atoms with E-state index in [1.54, 1.807) is 47.4 Å². The lowest BCUT2D eigenvalue weighted by Gasteiger charge is -2.16. The second-order valence-corrected chi connectivity index (χ2v) is 8.09. The number of hydrogen-bond donors (Lipinski definition) is 1. The molecular weight excluding hydrogens is 360 g/mol. The number of carbonyl (C=O) groups is 1. The van der Waals surface area contributed by atoms with Crippen molar-refractivity contribution in [3.05, 3.63) is 58.6 Å². The lowest BCUT2D eigenvalue weighted by molar-refractivity contribution is -0.118. The number of rotatable bonds is 5. The summed E-state index contributed by atoms with van der Waals surface area (Å²) < 4.78 is 27.6. The van der Waals surface area contributed by atoms with Crippen LogP contribution in [-0.4, -0.2) is 20.9 Å². The molecule has 0 bridgehead atoms. The molecule has 2 aromatic carbocycles. The van der Waals surface area contributed by atoms with Crippen molar-refractivity contribution >= 4 is 33.2 Å². The van der Waals surface area contributed by atoms with Crippen molar-refractivity contribution in [2.45, 2.75) is 31.2 Å². The minimum absolute atomic E-state index is 0.0511. The van der Waals surface area contributed by atoms with E-state index in [4.69, 9.17) is 11.6 Å². The molecule has 1 N–H and O–H groups in total. The first-order valence-corrected chi connectivity index (χ1v) is 9.94. The highest BCUT2D eigenvalue weighted by Gasteiger charge is 2.25. The third-order valence-electron chi connectivity index (χ3n) is 4.24. The van der Waals surface area contributed by atoms with Crippen LogP contribution in [-0.2, 0) is 27.8 Å². The molecule has 2 aromatic rings. The predicted octanol–water partition coefficient (Wildman–Crippen LogP) is 3.12. The largest absolute Gasteiger partial charge is 0.312 e. The Balaban J connectivity index is 1.77. The molecular formula is C18H19ClN2O3S. The van der Waals surface area contributed by atoms with Gasteiger partial charge in [0.15, 0.2) is 0 Å². The van der Waals surface area contributed by atoms with E-state index in [9.17, 15) is 13.2 Å². The molecule has 5 nitrogen and oxygen atoms in total. The summed E-state index contributed by atoms with van der Waals surface area (Å²) in [4.78, 5) is 13.9. The maximum Gasteiger partial charge on any atom is 0.240 e. The van der Waals surface area contributed by atoms with Crippen LogP contribution >= 0.6 is 11.6 Å². The third-order valence-corrected chi connectivity index (χ3v) is 5.89. The molecule has 1 aliphatic heterocycles. The zero-order valence-electron chi connectivity index (χ0n) is 13.8. The molecule has 132 valence electrons. The van der Waals surface area contributed by atoms with E-state index in [1.165, 1.54) is 0 Å². The molecule has 1 amide bonds. The molecule has 0 unspecified atom stereocenters. The molecule has 0 atom stereocenters. The maximum absolute atomic E-state index is 12.5. The highest BCUT2D eigenvalue weighted by molar-refractivity contribution is 7.89. The maximum atomic E-state index is 12.5. The molecule has 0 radical (unpaired) electrons. The van der Waals surface area contributed by atoms with Gasteiger partial charge < -0.3 is 4.90 Å². The van der Waals surface area contributed by atoms with E-state index in [1.807, 2.05) is 6.92 Å². The Bertz CT molecular complexity index is 895. The molecule has 25 heavy (non-hydrogen) atoms. The monoisotopic (exact) mass is 378 g/mol. The van der Waals surface area contributed by atoms with Gasteiger partial charge in [0.25, 0.3) is 0 Å². The van der Waals surface area contributed by atoms with Gasteiger partial charge in [0, 0.05) is 30.2 Å². The standard InChI is InChI=1S/C18H19ClN2O3S/c1-2-18(22)21-10-9-14-11-16(7-8-17(14)21)25(23,24)20-12-13-3-5-15(19)6-4-13/h3-8,11,20H,2,9-10,12H2,1H3. The van der Waals surface area contributed by atoms with Gasteiger partial charge in [-0.15, -0.1) is 0 Å². The minimum atomic E-state index is -3.62. The summed E-state index contributed by atoms with van der Waals surface area (Å²) in [5, 5.41) is 0.608. The van der Waals surface area contributed by atoms with Crippen LogP contribution in [0.15, 0.2) is 47.4 Å². The van der Waals surface area contributed by atoms with E-state index in [-0.39, 0.29) is 17.3 Å². The number of nitrogens with one attached hydrogen (secondary N) is 1. The number of halogens is 1. The van der Waals surface area contributed by atoms with Crippen LogP contribution in [0.4, 0.5) is 5.69 Å². The Hall–Kier alpha value is -1.89. The van der Waals surface area contributed by atoms with Crippen LogP contribution in [0.25, 0.3) is 0 Å². The molecule has 7 heteroatoms. The van der Waals surface area contributed by atoms with E-state index in [0.29, 0.717) is 24.4 Å². The average Bonchev–Trinajstić information content (AvgIpc) is 3.04. The molecule has 0 aliphatic carbocycles. The van der Waals surface area contributed by atoms with Gasteiger partial charge in [-0.25, -0.2) is 13.1 Å². The number of sulfonamides is 1. The Morgan fingerprint density at radius 3 is 2.60 bits per heavy atom. The van der Waals surface area contributed by atoms with Crippen molar-refractivity contribution in [2.24, 2.45) is 0 Å². The number of hydrogen-bond acceptors (Lipinski definition) is 3. The summed E-state index contributed by atoms with van der Waals surface area (Å²) in [7, 11) is -3.62. The lowest BCUT2D eigenvalue weighted by atomic mass is 10.2. The van der Waals surface area contributed by atoms with Crippen molar-refractivity contribution in [1.82, 2.24) is 4.72 Å². The Labute approximate surface area is 152 Å². The van der Waals surface area contributed by atoms with Crippen molar-refractivity contribution in [3.8, 4) is 0 Å². The Morgan fingerprint density at radius 1 is 1.20 bits per heavy atom. The minimum Gasteiger partial charge on any atom is -0.312 e. The number of fused-ring (bicyclic) bond motifs is 1. The molecule has 0 saturated heterocycles. The van der Waals surface area contributed by atoms with Gasteiger partial charge in [0.1, 0.15) is 0 Å². The van der Waals surface area contributed by atoms with Crippen LogP contribution in [0.1, 0.15) is 24.5 Å². The highest BCUT2D eigenvalue weighted by Crippen LogP contribution is 2.30. The summed E-state index contributed by atoms with van der Waals surface area (Å²) in [6.07, 6.45) is 1.10. The Morgan fingerprint density at radius 2 is 1.92 bits per heavy atom. The van der Waals surface area contributed by atoms with E-state index in [2.05, 4.69) is 4.72 Å². The second kappa shape index (κ2) is 7.15. The molecule has 0 aromatic heterocycles. The molecule has 1 aliphatic rings. The van der Waals surface area contributed by atoms with Gasteiger partial charge in [-0.05, 0) is 47.9 Å². The summed E-state index contributed by atoms with van der Waals surface area (Å²) in [6.45, 7) is 2.61. The fraction of sp³-hybridized carbons (Fsp3) is 0.278. The quantitative estimate of drug-likeness (QED) is 0.869. The number of benzene rings is 2. The number of amides is 1. The fourth-order valence-electron chi connectivity index (χ4n) is 2.86. The molecule has 3 rings (SSSR count). The van der Waals surface area contributed by atoms with E-state index >= 15 is 0 Å². The van der Waals surface area contributed by atoms with Gasteiger partial charge in [0.2, 0.25) is 15.9 Å². The van der Waals surface area contributed by atoms with Gasteiger partial charge in [-0.1, -0.05) is 30.7 Å². The zero-order chi connectivity index (χ0) is 18.0. The summed E-state index contributed by atoms with van der Waals surface area (Å²) in [5.41, 5.74) is 2.52. The van der Waals surface area contributed by atoms with Crippen molar-refractivity contribution in [1.29, 1.82) is 0 Å². The first-order chi connectivity index (χ1) is 11.9. The third kappa shape index (κ3) is 3.86. The first-order valence-electron chi connectivity index (χ1n) is 8.08. The van der Waals surface area contributed by atoms with E-state index < -0.39 is 10.0 Å². The van der Waals surface area contributed by atoms with Crippen molar-refractivity contribution in [3.63, 3.8) is 0 Å². The lowest BCUT2D eigenvalue weighted by Crippen LogP contribution is -2.27. The molecule has 1 heterocycles. The Kier molecular flexibility index (Phi) is 5.13. The molecule has 0 fully saturated rings. The van der Waals surface area contributed by atoms with Crippen LogP contribution < -0.4 is 9.62 Å². The molecule has 0 spiro atoms. The van der Waals surface area contributed by atoms with E-state index in [0.717, 1.165) is 16.8 Å². The number of nitrogens with zero attached hydrogens (tertiary/aromatic N) is 1. The van der Waals surface area contributed by atoms with Crippen molar-refractivity contribution < 1.29 is 13.2 Å². The van der Waals surface area contributed by atoms with Gasteiger partial charge in [0.05, 0.1) is 4.90 Å².